The molecular weight excluding hydrogens is 466 g/mol. The van der Waals surface area contributed by atoms with Gasteiger partial charge in [0.25, 0.3) is 0 Å². The number of hydrogen-bond donors (Lipinski definition) is 2. The van der Waals surface area contributed by atoms with E-state index < -0.39 is 11.3 Å². The van der Waals surface area contributed by atoms with Crippen molar-refractivity contribution in [2.75, 3.05) is 29.9 Å². The van der Waals surface area contributed by atoms with Crippen molar-refractivity contribution in [1.29, 1.82) is 0 Å². The number of carbonyl (C=O) groups excluding carboxylic acids is 1. The zero-order valence-electron chi connectivity index (χ0n) is 20.4. The molecule has 0 aromatic carbocycles. The zero-order valence-corrected chi connectivity index (χ0v) is 20.4. The third-order valence-corrected chi connectivity index (χ3v) is 8.24. The molecule has 7 rings (SSSR count). The Hall–Kier alpha value is -3.24. The van der Waals surface area contributed by atoms with Crippen LogP contribution in [0.1, 0.15) is 51.9 Å². The maximum atomic E-state index is 14.8. The molecule has 2 amide bonds. The monoisotopic (exact) mass is 496 g/mol. The molecule has 1 spiro atoms. The minimum atomic E-state index is -1.25. The highest BCUT2D eigenvalue weighted by atomic mass is 19.1. The lowest BCUT2D eigenvalue weighted by Crippen LogP contribution is -2.57. The summed E-state index contributed by atoms with van der Waals surface area (Å²) >= 11 is 0. The number of aromatic amines is 1. The molecule has 2 aliphatic heterocycles. The van der Waals surface area contributed by atoms with Gasteiger partial charge in [0, 0.05) is 18.3 Å². The number of pyridine rings is 1. The predicted molar refractivity (Wildman–Crippen MR) is 131 cm³/mol. The summed E-state index contributed by atoms with van der Waals surface area (Å²) in [7, 11) is 0. The molecule has 0 bridgehead atoms. The number of fused-ring (bicyclic) bond motifs is 1. The Morgan fingerprint density at radius 3 is 2.67 bits per heavy atom. The normalized spacial score (nSPS) is 23.1. The largest absolute Gasteiger partial charge is 0.348 e. The van der Waals surface area contributed by atoms with Crippen LogP contribution in [0.3, 0.4) is 0 Å². The van der Waals surface area contributed by atoms with Crippen LogP contribution in [0, 0.1) is 0 Å². The average molecular weight is 497 g/mol. The quantitative estimate of drug-likeness (QED) is 0.545. The highest BCUT2D eigenvalue weighted by Gasteiger charge is 2.51. The van der Waals surface area contributed by atoms with E-state index in [-0.39, 0.29) is 31.2 Å². The lowest BCUT2D eigenvalue weighted by Gasteiger charge is -2.42. The third-order valence-electron chi connectivity index (χ3n) is 8.24. The van der Waals surface area contributed by atoms with Crippen molar-refractivity contribution in [3.63, 3.8) is 0 Å². The molecule has 2 N–H and O–H groups in total. The van der Waals surface area contributed by atoms with Gasteiger partial charge in [-0.05, 0) is 57.9 Å². The van der Waals surface area contributed by atoms with Gasteiger partial charge in [0.15, 0.2) is 5.82 Å². The molecule has 3 aromatic heterocycles. The van der Waals surface area contributed by atoms with Crippen LogP contribution in [0.2, 0.25) is 0 Å². The van der Waals surface area contributed by atoms with E-state index >= 15 is 0 Å². The molecule has 4 fully saturated rings. The average Bonchev–Trinajstić information content (AvgIpc) is 3.67. The molecule has 4 aliphatic rings. The first kappa shape index (κ1) is 22.0. The van der Waals surface area contributed by atoms with Crippen LogP contribution in [-0.4, -0.2) is 72.4 Å². The van der Waals surface area contributed by atoms with Crippen LogP contribution in [0.5, 0.6) is 0 Å². The zero-order chi connectivity index (χ0) is 24.7. The smallest absolute Gasteiger partial charge is 0.322 e. The Bertz CT molecular complexity index is 1350. The van der Waals surface area contributed by atoms with Crippen molar-refractivity contribution in [1.82, 2.24) is 29.9 Å². The first-order valence-electron chi connectivity index (χ1n) is 12.9. The van der Waals surface area contributed by atoms with Gasteiger partial charge in [0.2, 0.25) is 0 Å². The minimum absolute atomic E-state index is 0.0317. The first-order valence-corrected chi connectivity index (χ1v) is 12.9. The summed E-state index contributed by atoms with van der Waals surface area (Å²) in [6.45, 7) is 2.98. The molecule has 2 saturated heterocycles. The SMILES string of the molecule is CC1(F)CN(c2nn(CC3(F)CC3)c3cc(-c4[nH]ncc4NC(=O)N4CCCCC45CC5)ncc23)C1. The summed E-state index contributed by atoms with van der Waals surface area (Å²) in [6.07, 6.45) is 9.72. The number of likely N-dealkylation sites (tertiary alicyclic amines) is 1. The Balaban J connectivity index is 1.21. The fraction of sp³-hybridized carbons (Fsp3) is 0.600. The van der Waals surface area contributed by atoms with E-state index in [1.54, 1.807) is 24.0 Å². The summed E-state index contributed by atoms with van der Waals surface area (Å²) in [6, 6.07) is 1.74. The fourth-order valence-electron chi connectivity index (χ4n) is 5.84. The summed E-state index contributed by atoms with van der Waals surface area (Å²) in [5.41, 5.74) is -0.0232. The van der Waals surface area contributed by atoms with Crippen LogP contribution in [0.25, 0.3) is 22.3 Å². The van der Waals surface area contributed by atoms with E-state index in [0.29, 0.717) is 35.7 Å². The van der Waals surface area contributed by atoms with Gasteiger partial charge in [0.1, 0.15) is 17.0 Å². The van der Waals surface area contributed by atoms with Gasteiger partial charge >= 0.3 is 6.03 Å². The number of carbonyl (C=O) groups is 1. The third kappa shape index (κ3) is 3.62. The Labute approximate surface area is 207 Å². The van der Waals surface area contributed by atoms with Gasteiger partial charge in [-0.15, -0.1) is 0 Å². The Morgan fingerprint density at radius 1 is 1.14 bits per heavy atom. The second kappa shape index (κ2) is 7.39. The number of H-pyrrole nitrogens is 1. The summed E-state index contributed by atoms with van der Waals surface area (Å²) in [4.78, 5) is 21.6. The number of amides is 2. The maximum absolute atomic E-state index is 14.8. The Morgan fingerprint density at radius 2 is 1.94 bits per heavy atom. The number of alkyl halides is 2. The maximum Gasteiger partial charge on any atom is 0.322 e. The predicted octanol–water partition coefficient (Wildman–Crippen LogP) is 4.42. The van der Waals surface area contributed by atoms with Gasteiger partial charge in [-0.25, -0.2) is 13.6 Å². The van der Waals surface area contributed by atoms with Gasteiger partial charge in [-0.2, -0.15) is 10.2 Å². The minimum Gasteiger partial charge on any atom is -0.348 e. The van der Waals surface area contributed by atoms with Crippen LogP contribution in [0.15, 0.2) is 18.5 Å². The fourth-order valence-corrected chi connectivity index (χ4v) is 5.84. The highest BCUT2D eigenvalue weighted by molar-refractivity contribution is 5.96. The molecular formula is C25H30F2N8O. The van der Waals surface area contributed by atoms with E-state index in [9.17, 15) is 13.6 Å². The lowest BCUT2D eigenvalue weighted by atomic mass is 9.99. The molecule has 0 radical (unpaired) electrons. The molecule has 190 valence electrons. The number of halogens is 2. The van der Waals surface area contributed by atoms with Crippen molar-refractivity contribution in [3.05, 3.63) is 18.5 Å². The van der Waals surface area contributed by atoms with Gasteiger partial charge in [-0.3, -0.25) is 14.8 Å². The molecule has 36 heavy (non-hydrogen) atoms. The number of piperidine rings is 1. The summed E-state index contributed by atoms with van der Waals surface area (Å²) in [5.74, 6) is 0.626. The molecule has 5 heterocycles. The standard InChI is InChI=1S/C25H30F2N8O/c1-23(26)13-33(14-23)21-16-11-28-17(10-19(16)35(32-21)15-24(27)5-6-24)20-18(12-29-31-20)30-22(36)34-9-3-2-4-25(34)7-8-25/h10-12H,2-9,13-15H2,1H3,(H,29,31)(H,30,36). The molecule has 0 atom stereocenters. The topological polar surface area (TPSA) is 95.0 Å². The highest BCUT2D eigenvalue weighted by Crippen LogP contribution is 2.48. The van der Waals surface area contributed by atoms with Crippen molar-refractivity contribution < 1.29 is 13.6 Å². The van der Waals surface area contributed by atoms with E-state index in [0.717, 1.165) is 43.1 Å². The van der Waals surface area contributed by atoms with E-state index in [2.05, 4.69) is 25.6 Å². The van der Waals surface area contributed by atoms with Gasteiger partial charge in [-0.1, -0.05) is 0 Å². The number of urea groups is 1. The van der Waals surface area contributed by atoms with E-state index in [1.165, 1.54) is 6.42 Å². The second-order valence-electron chi connectivity index (χ2n) is 11.4. The number of anilines is 2. The summed E-state index contributed by atoms with van der Waals surface area (Å²) in [5, 5.41) is 15.6. The van der Waals surface area contributed by atoms with Crippen LogP contribution < -0.4 is 10.2 Å². The van der Waals surface area contributed by atoms with Crippen molar-refractivity contribution in [3.8, 4) is 11.4 Å². The van der Waals surface area contributed by atoms with Gasteiger partial charge in [0.05, 0.1) is 48.1 Å². The Kier molecular flexibility index (Phi) is 4.52. The van der Waals surface area contributed by atoms with Crippen LogP contribution in [0.4, 0.5) is 25.1 Å². The second-order valence-corrected chi connectivity index (χ2v) is 11.4. The number of rotatable bonds is 5. The number of nitrogens with zero attached hydrogens (tertiary/aromatic N) is 6. The van der Waals surface area contributed by atoms with Crippen LogP contribution in [-0.2, 0) is 6.54 Å². The van der Waals surface area contributed by atoms with E-state index in [1.807, 2.05) is 15.9 Å². The first-order chi connectivity index (χ1) is 17.2. The number of hydrogen-bond acceptors (Lipinski definition) is 5. The van der Waals surface area contributed by atoms with Crippen molar-refractivity contribution >= 4 is 28.4 Å². The molecule has 9 nitrogen and oxygen atoms in total. The van der Waals surface area contributed by atoms with Gasteiger partial charge < -0.3 is 15.1 Å². The molecule has 3 aromatic rings. The summed E-state index contributed by atoms with van der Waals surface area (Å²) < 4.78 is 30.6. The molecule has 2 saturated carbocycles. The van der Waals surface area contributed by atoms with Crippen molar-refractivity contribution in [2.24, 2.45) is 0 Å². The molecule has 11 heteroatoms. The molecule has 2 aliphatic carbocycles. The number of nitrogens with one attached hydrogen (secondary N) is 2. The number of aromatic nitrogens is 5. The van der Waals surface area contributed by atoms with E-state index in [4.69, 9.17) is 0 Å². The van der Waals surface area contributed by atoms with Crippen LogP contribution >= 0.6 is 0 Å². The lowest BCUT2D eigenvalue weighted by molar-refractivity contribution is 0.143. The molecule has 0 unspecified atom stereocenters. The van der Waals surface area contributed by atoms with Crippen molar-refractivity contribution in [2.45, 2.75) is 75.3 Å².